The minimum atomic E-state index is -4.51. The van der Waals surface area contributed by atoms with Gasteiger partial charge in [-0.2, -0.15) is 13.2 Å². The van der Waals surface area contributed by atoms with E-state index in [2.05, 4.69) is 25.2 Å². The third-order valence-corrected chi connectivity index (χ3v) is 3.44. The molecule has 0 fully saturated rings. The van der Waals surface area contributed by atoms with E-state index < -0.39 is 18.7 Å². The second kappa shape index (κ2) is 7.36. The number of ether oxygens (including phenoxy) is 1. The summed E-state index contributed by atoms with van der Waals surface area (Å²) in [6.45, 7) is 0.462. The molecule has 2 heterocycles. The average molecular weight is 346 g/mol. The summed E-state index contributed by atoms with van der Waals surface area (Å²) in [6.07, 6.45) is -1.65. The molecule has 0 aliphatic rings. The molecule has 0 saturated heterocycles. The second-order valence-electron chi connectivity index (χ2n) is 4.47. The third-order valence-electron chi connectivity index (χ3n) is 2.54. The van der Waals surface area contributed by atoms with Gasteiger partial charge in [0, 0.05) is 12.6 Å². The van der Waals surface area contributed by atoms with Crippen LogP contribution in [0.25, 0.3) is 0 Å². The molecule has 23 heavy (non-hydrogen) atoms. The fourth-order valence-corrected chi connectivity index (χ4v) is 2.45. The normalized spacial score (nSPS) is 11.3. The largest absolute Gasteiger partial charge is 0.467 e. The smallest absolute Gasteiger partial charge is 0.422 e. The zero-order valence-corrected chi connectivity index (χ0v) is 12.9. The number of halogens is 3. The lowest BCUT2D eigenvalue weighted by Crippen LogP contribution is -2.21. The number of aromatic nitrogens is 3. The number of rotatable bonds is 6. The minimum Gasteiger partial charge on any atom is -0.467 e. The van der Waals surface area contributed by atoms with Crippen LogP contribution < -0.4 is 10.1 Å². The number of anilines is 1. The summed E-state index contributed by atoms with van der Waals surface area (Å²) in [7, 11) is 0. The Morgan fingerprint density at radius 3 is 2.87 bits per heavy atom. The number of nitrogens with zero attached hydrogens (tertiary/aromatic N) is 3. The van der Waals surface area contributed by atoms with Crippen LogP contribution in [-0.4, -0.2) is 33.9 Å². The number of hydrogen-bond donors (Lipinski definition) is 1. The lowest BCUT2D eigenvalue weighted by molar-refractivity contribution is -0.154. The van der Waals surface area contributed by atoms with Gasteiger partial charge in [0.05, 0.1) is 0 Å². The maximum absolute atomic E-state index is 12.2. The van der Waals surface area contributed by atoms with Crippen molar-refractivity contribution in [2.45, 2.75) is 25.9 Å². The maximum atomic E-state index is 12.2. The molecular weight excluding hydrogens is 333 g/mol. The van der Waals surface area contributed by atoms with Crippen LogP contribution in [0.5, 0.6) is 5.88 Å². The Balaban J connectivity index is 2.09. The number of alkyl halides is 3. The highest BCUT2D eigenvalue weighted by molar-refractivity contribution is 7.15. The van der Waals surface area contributed by atoms with E-state index in [1.165, 1.54) is 29.7 Å². The summed E-state index contributed by atoms with van der Waals surface area (Å²) < 4.78 is 41.3. The molecule has 0 saturated carbocycles. The minimum absolute atomic E-state index is 0.107. The summed E-state index contributed by atoms with van der Waals surface area (Å²) in [4.78, 5) is 15.8. The van der Waals surface area contributed by atoms with E-state index in [0.29, 0.717) is 0 Å². The first kappa shape index (κ1) is 17.1. The molecule has 2 rings (SSSR count). The number of amides is 1. The summed E-state index contributed by atoms with van der Waals surface area (Å²) in [6, 6.07) is 2.75. The van der Waals surface area contributed by atoms with Gasteiger partial charge in [0.1, 0.15) is 10.6 Å². The van der Waals surface area contributed by atoms with Gasteiger partial charge in [0.2, 0.25) is 11.0 Å². The molecule has 0 atom stereocenters. The van der Waals surface area contributed by atoms with Crippen molar-refractivity contribution in [2.75, 3.05) is 11.9 Å². The molecule has 1 amide bonds. The highest BCUT2D eigenvalue weighted by atomic mass is 32.1. The number of carbonyl (C=O) groups excluding carboxylic acids is 1. The van der Waals surface area contributed by atoms with Crippen LogP contribution in [-0.2, 0) is 6.42 Å². The molecule has 6 nitrogen and oxygen atoms in total. The lowest BCUT2D eigenvalue weighted by Gasteiger charge is -2.11. The molecule has 0 aliphatic carbocycles. The quantitative estimate of drug-likeness (QED) is 0.870. The van der Waals surface area contributed by atoms with Crippen LogP contribution >= 0.6 is 11.3 Å². The highest BCUT2D eigenvalue weighted by Crippen LogP contribution is 2.22. The summed E-state index contributed by atoms with van der Waals surface area (Å²) >= 11 is 1.21. The third kappa shape index (κ3) is 5.16. The molecule has 0 bridgehead atoms. The molecule has 0 radical (unpaired) electrons. The van der Waals surface area contributed by atoms with Gasteiger partial charge in [-0.15, -0.1) is 10.2 Å². The van der Waals surface area contributed by atoms with Crippen molar-refractivity contribution in [3.63, 3.8) is 0 Å². The van der Waals surface area contributed by atoms with Crippen molar-refractivity contribution >= 4 is 22.4 Å². The van der Waals surface area contributed by atoms with Gasteiger partial charge in [0.25, 0.3) is 5.91 Å². The molecule has 1 N–H and O–H groups in total. The molecule has 0 unspecified atom stereocenters. The molecule has 0 aliphatic heterocycles. The van der Waals surface area contributed by atoms with Crippen LogP contribution in [0, 0.1) is 0 Å². The fraction of sp³-hybridized carbons (Fsp3) is 0.385. The standard InChI is InChI=1S/C13H13F3N4O2S/c1-2-4-9-19-20-12(23-9)18-10(21)8-5-3-6-17-11(8)22-7-13(14,15)16/h3,5-6H,2,4,7H2,1H3,(H,18,20,21). The second-order valence-corrected chi connectivity index (χ2v) is 5.53. The number of hydrogen-bond acceptors (Lipinski definition) is 6. The van der Waals surface area contributed by atoms with Gasteiger partial charge in [-0.3, -0.25) is 10.1 Å². The number of nitrogens with one attached hydrogen (secondary N) is 1. The van der Waals surface area contributed by atoms with Gasteiger partial charge < -0.3 is 4.74 Å². The van der Waals surface area contributed by atoms with Gasteiger partial charge >= 0.3 is 6.18 Å². The molecule has 2 aromatic rings. The molecule has 2 aromatic heterocycles. The van der Waals surface area contributed by atoms with E-state index in [4.69, 9.17) is 0 Å². The van der Waals surface area contributed by atoms with E-state index in [-0.39, 0.29) is 16.6 Å². The topological polar surface area (TPSA) is 77.0 Å². The van der Waals surface area contributed by atoms with Gasteiger partial charge in [-0.25, -0.2) is 4.98 Å². The Morgan fingerprint density at radius 1 is 1.39 bits per heavy atom. The lowest BCUT2D eigenvalue weighted by atomic mass is 10.2. The zero-order valence-electron chi connectivity index (χ0n) is 12.1. The highest BCUT2D eigenvalue weighted by Gasteiger charge is 2.29. The van der Waals surface area contributed by atoms with E-state index in [1.807, 2.05) is 6.92 Å². The first-order chi connectivity index (χ1) is 10.9. The van der Waals surface area contributed by atoms with E-state index in [1.54, 1.807) is 0 Å². The summed E-state index contributed by atoms with van der Waals surface area (Å²) in [5.74, 6) is -1.05. The molecule has 0 spiro atoms. The number of pyridine rings is 1. The van der Waals surface area contributed by atoms with Crippen molar-refractivity contribution < 1.29 is 22.7 Å². The fourth-order valence-electron chi connectivity index (χ4n) is 1.61. The van der Waals surface area contributed by atoms with Gasteiger partial charge in [0.15, 0.2) is 6.61 Å². The Kier molecular flexibility index (Phi) is 5.48. The molecule has 124 valence electrons. The van der Waals surface area contributed by atoms with Crippen LogP contribution in [0.4, 0.5) is 18.3 Å². The van der Waals surface area contributed by atoms with Crippen LogP contribution in [0.2, 0.25) is 0 Å². The zero-order chi connectivity index (χ0) is 16.9. The Hall–Kier alpha value is -2.23. The van der Waals surface area contributed by atoms with Crippen molar-refractivity contribution in [3.05, 3.63) is 28.9 Å². The Labute approximate surface area is 133 Å². The molecule has 10 heteroatoms. The van der Waals surface area contributed by atoms with Crippen molar-refractivity contribution in [3.8, 4) is 5.88 Å². The maximum Gasteiger partial charge on any atom is 0.422 e. The predicted molar refractivity (Wildman–Crippen MR) is 77.6 cm³/mol. The van der Waals surface area contributed by atoms with Crippen LogP contribution in [0.3, 0.4) is 0 Å². The first-order valence-electron chi connectivity index (χ1n) is 6.67. The van der Waals surface area contributed by atoms with E-state index in [0.717, 1.165) is 17.8 Å². The summed E-state index contributed by atoms with van der Waals surface area (Å²) in [5, 5.41) is 11.2. The van der Waals surface area contributed by atoms with Crippen molar-refractivity contribution in [2.24, 2.45) is 0 Å². The predicted octanol–water partition coefficient (Wildman–Crippen LogP) is 3.08. The van der Waals surface area contributed by atoms with Crippen molar-refractivity contribution in [1.82, 2.24) is 15.2 Å². The first-order valence-corrected chi connectivity index (χ1v) is 7.49. The number of aryl methyl sites for hydroxylation is 1. The van der Waals surface area contributed by atoms with Gasteiger partial charge in [-0.1, -0.05) is 18.3 Å². The summed E-state index contributed by atoms with van der Waals surface area (Å²) in [5.41, 5.74) is -0.107. The van der Waals surface area contributed by atoms with E-state index in [9.17, 15) is 18.0 Å². The van der Waals surface area contributed by atoms with Crippen LogP contribution in [0.15, 0.2) is 18.3 Å². The average Bonchev–Trinajstić information content (AvgIpc) is 2.92. The Morgan fingerprint density at radius 2 is 2.17 bits per heavy atom. The number of carbonyl (C=O) groups is 1. The monoisotopic (exact) mass is 346 g/mol. The molecule has 0 aromatic carbocycles. The van der Waals surface area contributed by atoms with Crippen LogP contribution in [0.1, 0.15) is 28.7 Å². The van der Waals surface area contributed by atoms with Crippen molar-refractivity contribution in [1.29, 1.82) is 0 Å². The Bertz CT molecular complexity index is 675. The van der Waals surface area contributed by atoms with Gasteiger partial charge in [-0.05, 0) is 18.6 Å². The SMILES string of the molecule is CCCc1nnc(NC(=O)c2cccnc2OCC(F)(F)F)s1. The van der Waals surface area contributed by atoms with E-state index >= 15 is 0 Å². The molecular formula is C13H13F3N4O2S.